The number of ether oxygens (including phenoxy) is 1. The van der Waals surface area contributed by atoms with Crippen molar-refractivity contribution in [1.29, 1.82) is 5.26 Å². The first-order chi connectivity index (χ1) is 14.2. The number of aromatic amines is 1. The van der Waals surface area contributed by atoms with E-state index >= 15 is 0 Å². The van der Waals surface area contributed by atoms with Crippen LogP contribution < -0.4 is 15.4 Å². The molecule has 29 heavy (non-hydrogen) atoms. The van der Waals surface area contributed by atoms with Crippen molar-refractivity contribution in [1.82, 2.24) is 25.5 Å². The van der Waals surface area contributed by atoms with Crippen LogP contribution in [-0.2, 0) is 0 Å². The van der Waals surface area contributed by atoms with Crippen LogP contribution in [0.1, 0.15) is 30.0 Å². The van der Waals surface area contributed by atoms with E-state index in [-0.39, 0.29) is 5.69 Å². The zero-order chi connectivity index (χ0) is 20.2. The monoisotopic (exact) mass is 409 g/mol. The average Bonchev–Trinajstić information content (AvgIpc) is 3.23. The minimum Gasteiger partial charge on any atom is -0.496 e. The number of nitriles is 1. The second-order valence-corrected chi connectivity index (χ2v) is 7.20. The topological polar surface area (TPSA) is 112 Å². The van der Waals surface area contributed by atoms with E-state index in [0.29, 0.717) is 17.6 Å². The van der Waals surface area contributed by atoms with E-state index in [4.69, 9.17) is 21.6 Å². The molecule has 8 nitrogen and oxygen atoms in total. The Bertz CT molecular complexity index is 1040. The standard InChI is InChI=1S/C20H20ClN7O/c1-29-18-7-14(12-2-4-23-5-3-12)16(21)6-15(18)17-8-19(28-27-17)26-20-11-24-13(9-22)10-25-20/h6-8,10-12,23H,2-5H2,1H3,(H2,25,26,27,28). The van der Waals surface area contributed by atoms with Gasteiger partial charge in [-0.25, -0.2) is 9.97 Å². The maximum absolute atomic E-state index is 8.81. The molecule has 1 saturated heterocycles. The molecule has 2 aromatic heterocycles. The van der Waals surface area contributed by atoms with Gasteiger partial charge in [0, 0.05) is 16.7 Å². The first-order valence-corrected chi connectivity index (χ1v) is 9.69. The molecule has 3 heterocycles. The lowest BCUT2D eigenvalue weighted by Crippen LogP contribution is -2.26. The fourth-order valence-corrected chi connectivity index (χ4v) is 3.82. The number of H-pyrrole nitrogens is 1. The van der Waals surface area contributed by atoms with Gasteiger partial charge in [-0.2, -0.15) is 10.4 Å². The highest BCUT2D eigenvalue weighted by atomic mass is 35.5. The fraction of sp³-hybridized carbons (Fsp3) is 0.300. The number of benzene rings is 1. The van der Waals surface area contributed by atoms with Gasteiger partial charge in [-0.1, -0.05) is 11.6 Å². The molecule has 3 N–H and O–H groups in total. The van der Waals surface area contributed by atoms with Crippen molar-refractivity contribution in [2.24, 2.45) is 0 Å². The molecule has 1 aliphatic rings. The van der Waals surface area contributed by atoms with Gasteiger partial charge >= 0.3 is 0 Å². The number of methoxy groups -OCH3 is 1. The van der Waals surface area contributed by atoms with E-state index < -0.39 is 0 Å². The number of hydrogen-bond acceptors (Lipinski definition) is 7. The minimum atomic E-state index is 0.256. The molecule has 0 spiro atoms. The maximum atomic E-state index is 8.81. The van der Waals surface area contributed by atoms with Crippen LogP contribution in [0.15, 0.2) is 30.6 Å². The molecule has 9 heteroatoms. The number of halogens is 1. The fourth-order valence-electron chi connectivity index (χ4n) is 3.50. The molecule has 0 saturated carbocycles. The van der Waals surface area contributed by atoms with Crippen molar-refractivity contribution in [2.75, 3.05) is 25.5 Å². The third kappa shape index (κ3) is 4.16. The molecule has 0 radical (unpaired) electrons. The first-order valence-electron chi connectivity index (χ1n) is 9.31. The molecule has 0 aliphatic carbocycles. The van der Waals surface area contributed by atoms with Crippen LogP contribution in [0.25, 0.3) is 11.3 Å². The smallest absolute Gasteiger partial charge is 0.158 e. The average molecular weight is 410 g/mol. The second kappa shape index (κ2) is 8.47. The van der Waals surface area contributed by atoms with E-state index in [9.17, 15) is 0 Å². The molecule has 0 bridgehead atoms. The Morgan fingerprint density at radius 1 is 1.17 bits per heavy atom. The summed E-state index contributed by atoms with van der Waals surface area (Å²) in [4.78, 5) is 8.12. The van der Waals surface area contributed by atoms with E-state index in [0.717, 1.165) is 53.5 Å². The van der Waals surface area contributed by atoms with Crippen LogP contribution in [0, 0.1) is 11.3 Å². The Morgan fingerprint density at radius 3 is 2.69 bits per heavy atom. The Labute approximate surface area is 173 Å². The summed E-state index contributed by atoms with van der Waals surface area (Å²) in [6, 6.07) is 7.74. The lowest BCUT2D eigenvalue weighted by atomic mass is 9.89. The van der Waals surface area contributed by atoms with Gasteiger partial charge in [-0.15, -0.1) is 0 Å². The predicted octanol–water partition coefficient (Wildman–Crippen LogP) is 3.61. The van der Waals surface area contributed by atoms with Crippen molar-refractivity contribution < 1.29 is 4.74 Å². The highest BCUT2D eigenvalue weighted by Gasteiger charge is 2.21. The van der Waals surface area contributed by atoms with Crippen molar-refractivity contribution in [3.63, 3.8) is 0 Å². The quantitative estimate of drug-likeness (QED) is 0.590. The molecular formula is C20H20ClN7O. The molecule has 148 valence electrons. The highest BCUT2D eigenvalue weighted by Crippen LogP contribution is 2.39. The normalized spacial score (nSPS) is 14.4. The van der Waals surface area contributed by atoms with E-state index in [1.54, 1.807) is 7.11 Å². The van der Waals surface area contributed by atoms with Gasteiger partial charge in [0.15, 0.2) is 11.5 Å². The first kappa shape index (κ1) is 19.2. The number of nitrogens with one attached hydrogen (secondary N) is 3. The molecule has 1 aliphatic heterocycles. The Balaban J connectivity index is 1.59. The third-order valence-electron chi connectivity index (χ3n) is 4.99. The largest absolute Gasteiger partial charge is 0.496 e. The molecule has 0 atom stereocenters. The zero-order valence-corrected chi connectivity index (χ0v) is 16.6. The number of hydrogen-bond donors (Lipinski definition) is 3. The molecule has 0 unspecified atom stereocenters. The van der Waals surface area contributed by atoms with Crippen molar-refractivity contribution >= 4 is 23.2 Å². The molecule has 1 fully saturated rings. The van der Waals surface area contributed by atoms with E-state index in [2.05, 4.69) is 30.8 Å². The summed E-state index contributed by atoms with van der Waals surface area (Å²) in [5.41, 5.74) is 2.98. The summed E-state index contributed by atoms with van der Waals surface area (Å²) >= 11 is 6.64. The summed E-state index contributed by atoms with van der Waals surface area (Å²) < 4.78 is 5.64. The van der Waals surface area contributed by atoms with Crippen molar-refractivity contribution in [3.8, 4) is 23.1 Å². The lowest BCUT2D eigenvalue weighted by molar-refractivity contribution is 0.412. The van der Waals surface area contributed by atoms with Crippen LogP contribution >= 0.6 is 11.6 Å². The summed E-state index contributed by atoms with van der Waals surface area (Å²) in [7, 11) is 1.65. The number of piperidine rings is 1. The van der Waals surface area contributed by atoms with Gasteiger partial charge in [0.25, 0.3) is 0 Å². The number of nitrogens with zero attached hydrogens (tertiary/aromatic N) is 4. The molecule has 1 aromatic carbocycles. The van der Waals surface area contributed by atoms with Crippen LogP contribution in [-0.4, -0.2) is 40.4 Å². The Kier molecular flexibility index (Phi) is 5.60. The van der Waals surface area contributed by atoms with Crippen LogP contribution in [0.4, 0.5) is 11.6 Å². The van der Waals surface area contributed by atoms with Crippen molar-refractivity contribution in [3.05, 3.63) is 46.9 Å². The zero-order valence-electron chi connectivity index (χ0n) is 15.9. The van der Waals surface area contributed by atoms with Gasteiger partial charge in [-0.05, 0) is 49.5 Å². The SMILES string of the molecule is COc1cc(C2CCNCC2)c(Cl)cc1-c1cc(Nc2cnc(C#N)cn2)n[nH]1. The Hall–Kier alpha value is -3.15. The third-order valence-corrected chi connectivity index (χ3v) is 5.32. The van der Waals surface area contributed by atoms with E-state index in [1.807, 2.05) is 24.3 Å². The second-order valence-electron chi connectivity index (χ2n) is 6.79. The lowest BCUT2D eigenvalue weighted by Gasteiger charge is -2.24. The van der Waals surface area contributed by atoms with E-state index in [1.165, 1.54) is 12.4 Å². The number of anilines is 2. The molecular weight excluding hydrogens is 390 g/mol. The number of aromatic nitrogens is 4. The maximum Gasteiger partial charge on any atom is 0.158 e. The molecule has 0 amide bonds. The molecule has 3 aromatic rings. The summed E-state index contributed by atoms with van der Waals surface area (Å²) in [5.74, 6) is 2.24. The summed E-state index contributed by atoms with van der Waals surface area (Å²) in [5, 5.41) is 23.2. The number of rotatable bonds is 5. The van der Waals surface area contributed by atoms with Gasteiger partial charge in [0.2, 0.25) is 0 Å². The van der Waals surface area contributed by atoms with Crippen LogP contribution in [0.5, 0.6) is 5.75 Å². The molecule has 4 rings (SSSR count). The van der Waals surface area contributed by atoms with Crippen molar-refractivity contribution in [2.45, 2.75) is 18.8 Å². The van der Waals surface area contributed by atoms with Crippen LogP contribution in [0.2, 0.25) is 5.02 Å². The van der Waals surface area contributed by atoms with Gasteiger partial charge < -0.3 is 15.4 Å². The van der Waals surface area contributed by atoms with Crippen LogP contribution in [0.3, 0.4) is 0 Å². The predicted molar refractivity (Wildman–Crippen MR) is 110 cm³/mol. The van der Waals surface area contributed by atoms with Gasteiger partial charge in [-0.3, -0.25) is 5.10 Å². The highest BCUT2D eigenvalue weighted by molar-refractivity contribution is 6.31. The Morgan fingerprint density at radius 2 is 2.00 bits per heavy atom. The van der Waals surface area contributed by atoms with Gasteiger partial charge in [0.05, 0.1) is 25.2 Å². The summed E-state index contributed by atoms with van der Waals surface area (Å²) in [6.07, 6.45) is 5.01. The summed E-state index contributed by atoms with van der Waals surface area (Å²) in [6.45, 7) is 2.00. The van der Waals surface area contributed by atoms with Gasteiger partial charge in [0.1, 0.15) is 17.6 Å². The minimum absolute atomic E-state index is 0.256.